The third-order valence-corrected chi connectivity index (χ3v) is 5.92. The quantitative estimate of drug-likeness (QED) is 0.867. The molecule has 6 heteroatoms. The highest BCUT2D eigenvalue weighted by atomic mass is 32.1. The summed E-state index contributed by atoms with van der Waals surface area (Å²) < 4.78 is 5.38. The molecule has 0 bridgehead atoms. The molecule has 1 aliphatic carbocycles. The van der Waals surface area contributed by atoms with Crippen LogP contribution in [0.3, 0.4) is 0 Å². The SMILES string of the molecule is O[C@]1(CNCc2cnc(N3CCOCC3)s2)CCc2ccccc21. The Morgan fingerprint density at radius 3 is 3.00 bits per heavy atom. The van der Waals surface area contributed by atoms with Crippen LogP contribution < -0.4 is 10.2 Å². The third-order valence-electron chi connectivity index (χ3n) is 4.87. The van der Waals surface area contributed by atoms with E-state index in [1.165, 1.54) is 10.4 Å². The Bertz CT molecular complexity index is 699. The van der Waals surface area contributed by atoms with Crippen molar-refractivity contribution in [3.63, 3.8) is 0 Å². The van der Waals surface area contributed by atoms with Crippen LogP contribution in [0.5, 0.6) is 0 Å². The number of aryl methyl sites for hydroxylation is 1. The lowest BCUT2D eigenvalue weighted by Crippen LogP contribution is -2.36. The van der Waals surface area contributed by atoms with E-state index in [-0.39, 0.29) is 0 Å². The summed E-state index contributed by atoms with van der Waals surface area (Å²) in [6, 6.07) is 8.22. The van der Waals surface area contributed by atoms with Gasteiger partial charge in [-0.15, -0.1) is 11.3 Å². The van der Waals surface area contributed by atoms with Crippen molar-refractivity contribution in [1.29, 1.82) is 0 Å². The van der Waals surface area contributed by atoms with Crippen molar-refractivity contribution in [2.24, 2.45) is 0 Å². The highest BCUT2D eigenvalue weighted by Gasteiger charge is 2.35. The molecule has 1 atom stereocenters. The second-order valence-corrected chi connectivity index (χ2v) is 7.59. The molecule has 2 aliphatic rings. The number of thiazole rings is 1. The number of aromatic nitrogens is 1. The number of nitrogens with zero attached hydrogens (tertiary/aromatic N) is 2. The maximum absolute atomic E-state index is 10.9. The van der Waals surface area contributed by atoms with Gasteiger partial charge in [-0.05, 0) is 24.0 Å². The summed E-state index contributed by atoms with van der Waals surface area (Å²) in [5.41, 5.74) is 1.61. The fraction of sp³-hybridized carbons (Fsp3) is 0.500. The van der Waals surface area contributed by atoms with Crippen LogP contribution in [0, 0.1) is 0 Å². The first-order chi connectivity index (χ1) is 11.7. The van der Waals surface area contributed by atoms with E-state index in [1.807, 2.05) is 24.4 Å². The third kappa shape index (κ3) is 3.19. The zero-order valence-corrected chi connectivity index (χ0v) is 14.5. The number of morpholine rings is 1. The van der Waals surface area contributed by atoms with Crippen molar-refractivity contribution in [1.82, 2.24) is 10.3 Å². The van der Waals surface area contributed by atoms with Crippen LogP contribution in [0.25, 0.3) is 0 Å². The molecule has 5 nitrogen and oxygen atoms in total. The highest BCUT2D eigenvalue weighted by Crippen LogP contribution is 2.36. The summed E-state index contributed by atoms with van der Waals surface area (Å²) in [5.74, 6) is 0. The summed E-state index contributed by atoms with van der Waals surface area (Å²) in [6.45, 7) is 4.70. The van der Waals surface area contributed by atoms with E-state index in [2.05, 4.69) is 21.3 Å². The lowest BCUT2D eigenvalue weighted by molar-refractivity contribution is 0.0385. The summed E-state index contributed by atoms with van der Waals surface area (Å²) in [6.07, 6.45) is 3.69. The number of fused-ring (bicyclic) bond motifs is 1. The molecule has 2 N–H and O–H groups in total. The van der Waals surface area contributed by atoms with Gasteiger partial charge in [0.05, 0.1) is 13.2 Å². The molecule has 24 heavy (non-hydrogen) atoms. The maximum atomic E-state index is 10.9. The summed E-state index contributed by atoms with van der Waals surface area (Å²) >= 11 is 1.72. The molecule has 1 aromatic heterocycles. The van der Waals surface area contributed by atoms with Gasteiger partial charge in [0.15, 0.2) is 5.13 Å². The summed E-state index contributed by atoms with van der Waals surface area (Å²) in [4.78, 5) is 8.01. The Hall–Kier alpha value is -1.47. The molecule has 1 aromatic carbocycles. The van der Waals surface area contributed by atoms with Gasteiger partial charge in [0.2, 0.25) is 0 Å². The normalized spacial score (nSPS) is 23.5. The van der Waals surface area contributed by atoms with Gasteiger partial charge in [0.25, 0.3) is 0 Å². The van der Waals surface area contributed by atoms with Crippen molar-refractivity contribution in [2.45, 2.75) is 25.0 Å². The molecular weight excluding hydrogens is 322 g/mol. The van der Waals surface area contributed by atoms with Crippen molar-refractivity contribution in [3.8, 4) is 0 Å². The topological polar surface area (TPSA) is 57.6 Å². The molecule has 4 rings (SSSR count). The van der Waals surface area contributed by atoms with Gasteiger partial charge in [-0.2, -0.15) is 0 Å². The van der Waals surface area contributed by atoms with E-state index in [1.54, 1.807) is 11.3 Å². The van der Waals surface area contributed by atoms with Crippen LogP contribution in [0.4, 0.5) is 5.13 Å². The second kappa shape index (κ2) is 6.80. The Kier molecular flexibility index (Phi) is 4.54. The van der Waals surface area contributed by atoms with Crippen molar-refractivity contribution >= 4 is 16.5 Å². The number of anilines is 1. The van der Waals surface area contributed by atoms with Gasteiger partial charge in [0.1, 0.15) is 5.60 Å². The Morgan fingerprint density at radius 1 is 1.29 bits per heavy atom. The molecule has 2 aromatic rings. The van der Waals surface area contributed by atoms with E-state index < -0.39 is 5.60 Å². The predicted octanol–water partition coefficient (Wildman–Crippen LogP) is 1.90. The van der Waals surface area contributed by atoms with Gasteiger partial charge < -0.3 is 20.1 Å². The Balaban J connectivity index is 1.34. The minimum Gasteiger partial charge on any atom is -0.384 e. The number of nitrogens with one attached hydrogen (secondary N) is 1. The smallest absolute Gasteiger partial charge is 0.185 e. The van der Waals surface area contributed by atoms with E-state index in [4.69, 9.17) is 4.74 Å². The minimum atomic E-state index is -0.742. The zero-order valence-electron chi connectivity index (χ0n) is 13.7. The number of rotatable bonds is 5. The van der Waals surface area contributed by atoms with E-state index >= 15 is 0 Å². The first-order valence-electron chi connectivity index (χ1n) is 8.53. The summed E-state index contributed by atoms with van der Waals surface area (Å²) in [5, 5.41) is 15.4. The lowest BCUT2D eigenvalue weighted by atomic mass is 9.96. The van der Waals surface area contributed by atoms with Crippen LogP contribution in [0.1, 0.15) is 22.4 Å². The van der Waals surface area contributed by atoms with E-state index in [0.717, 1.165) is 56.4 Å². The number of aliphatic hydroxyl groups is 1. The Labute approximate surface area is 146 Å². The number of hydrogen-bond donors (Lipinski definition) is 2. The van der Waals surface area contributed by atoms with Crippen LogP contribution in [0.15, 0.2) is 30.5 Å². The van der Waals surface area contributed by atoms with Crippen LogP contribution in [-0.2, 0) is 23.3 Å². The van der Waals surface area contributed by atoms with Crippen LogP contribution in [-0.4, -0.2) is 42.9 Å². The first-order valence-corrected chi connectivity index (χ1v) is 9.35. The average molecular weight is 345 g/mol. The van der Waals surface area contributed by atoms with Crippen LogP contribution in [0.2, 0.25) is 0 Å². The largest absolute Gasteiger partial charge is 0.384 e. The summed E-state index contributed by atoms with van der Waals surface area (Å²) in [7, 11) is 0. The zero-order chi connectivity index (χ0) is 16.4. The van der Waals surface area contributed by atoms with Crippen LogP contribution >= 0.6 is 11.3 Å². The fourth-order valence-electron chi connectivity index (χ4n) is 3.52. The lowest BCUT2D eigenvalue weighted by Gasteiger charge is -2.26. The average Bonchev–Trinajstić information content (AvgIpc) is 3.22. The number of hydrogen-bond acceptors (Lipinski definition) is 6. The second-order valence-electron chi connectivity index (χ2n) is 6.50. The molecule has 0 spiro atoms. The number of ether oxygens (including phenoxy) is 1. The first kappa shape index (κ1) is 16.0. The standard InChI is InChI=1S/C18H23N3O2S/c22-18(6-5-14-3-1-2-4-16(14)18)13-19-11-15-12-20-17(24-15)21-7-9-23-10-8-21/h1-4,12,19,22H,5-11,13H2/t18-/m0/s1. The number of benzene rings is 1. The molecule has 1 fully saturated rings. The predicted molar refractivity (Wildman–Crippen MR) is 95.5 cm³/mol. The maximum Gasteiger partial charge on any atom is 0.185 e. The monoisotopic (exact) mass is 345 g/mol. The molecule has 1 saturated heterocycles. The van der Waals surface area contributed by atoms with Crippen molar-refractivity contribution < 1.29 is 9.84 Å². The van der Waals surface area contributed by atoms with Gasteiger partial charge in [-0.3, -0.25) is 0 Å². The van der Waals surface area contributed by atoms with Gasteiger partial charge >= 0.3 is 0 Å². The van der Waals surface area contributed by atoms with Gasteiger partial charge in [0, 0.05) is 37.3 Å². The van der Waals surface area contributed by atoms with E-state index in [0.29, 0.717) is 6.54 Å². The highest BCUT2D eigenvalue weighted by molar-refractivity contribution is 7.15. The molecule has 128 valence electrons. The fourth-order valence-corrected chi connectivity index (χ4v) is 4.46. The van der Waals surface area contributed by atoms with Crippen molar-refractivity contribution in [2.75, 3.05) is 37.7 Å². The van der Waals surface area contributed by atoms with Gasteiger partial charge in [-0.25, -0.2) is 4.98 Å². The van der Waals surface area contributed by atoms with E-state index in [9.17, 15) is 5.11 Å². The van der Waals surface area contributed by atoms with Crippen molar-refractivity contribution in [3.05, 3.63) is 46.5 Å². The van der Waals surface area contributed by atoms with Gasteiger partial charge in [-0.1, -0.05) is 24.3 Å². The molecule has 0 radical (unpaired) electrons. The minimum absolute atomic E-state index is 0.578. The molecule has 1 aliphatic heterocycles. The molecule has 0 amide bonds. The molecule has 2 heterocycles. The molecule has 0 unspecified atom stereocenters. The Morgan fingerprint density at radius 2 is 2.12 bits per heavy atom. The molecular formula is C18H23N3O2S. The molecule has 0 saturated carbocycles.